The van der Waals surface area contributed by atoms with Gasteiger partial charge in [-0.3, -0.25) is 4.79 Å². The maximum Gasteiger partial charge on any atom is 0.343 e. The summed E-state index contributed by atoms with van der Waals surface area (Å²) in [4.78, 5) is 24.3. The van der Waals surface area contributed by atoms with E-state index >= 15 is 0 Å². The summed E-state index contributed by atoms with van der Waals surface area (Å²) in [6.07, 6.45) is 1.41. The van der Waals surface area contributed by atoms with Gasteiger partial charge in [0.2, 0.25) is 0 Å². The van der Waals surface area contributed by atoms with Gasteiger partial charge in [-0.25, -0.2) is 14.6 Å². The van der Waals surface area contributed by atoms with Crippen molar-refractivity contribution in [2.45, 2.75) is 0 Å². The van der Waals surface area contributed by atoms with E-state index in [4.69, 9.17) is 21.1 Å². The molecule has 0 aliphatic heterocycles. The first kappa shape index (κ1) is 21.0. The first-order valence-corrected chi connectivity index (χ1v) is 9.09. The van der Waals surface area contributed by atoms with Crippen molar-refractivity contribution in [2.75, 3.05) is 7.11 Å². The molecule has 3 aromatic carbocycles. The van der Waals surface area contributed by atoms with E-state index in [9.17, 15) is 14.0 Å². The lowest BCUT2D eigenvalue weighted by Crippen LogP contribution is -2.17. The molecule has 0 atom stereocenters. The lowest BCUT2D eigenvalue weighted by molar-refractivity contribution is 0.0729. The van der Waals surface area contributed by atoms with Crippen molar-refractivity contribution < 1.29 is 23.5 Å². The Hall–Kier alpha value is -3.71. The highest BCUT2D eigenvalue weighted by molar-refractivity contribution is 6.33. The van der Waals surface area contributed by atoms with Crippen molar-refractivity contribution >= 4 is 29.7 Å². The van der Waals surface area contributed by atoms with Crippen LogP contribution in [0.2, 0.25) is 5.02 Å². The summed E-state index contributed by atoms with van der Waals surface area (Å²) in [6, 6.07) is 16.3. The van der Waals surface area contributed by atoms with Crippen LogP contribution in [0.25, 0.3) is 0 Å². The maximum absolute atomic E-state index is 13.0. The molecule has 0 heterocycles. The first-order chi connectivity index (χ1) is 14.5. The van der Waals surface area contributed by atoms with Crippen LogP contribution in [0, 0.1) is 5.82 Å². The molecule has 0 aliphatic carbocycles. The quantitative estimate of drug-likeness (QED) is 0.273. The van der Waals surface area contributed by atoms with Gasteiger partial charge in [-0.15, -0.1) is 0 Å². The fourth-order valence-electron chi connectivity index (χ4n) is 2.46. The fourth-order valence-corrected chi connectivity index (χ4v) is 2.69. The standard InChI is InChI=1S/C22H16ClFN2O4/c1-29-20-12-14(13-25-26-21(27)17-4-2-3-5-18(17)23)6-11-19(20)30-22(28)15-7-9-16(24)10-8-15/h2-13H,1H3,(H,26,27)/b25-13+. The molecule has 30 heavy (non-hydrogen) atoms. The van der Waals surface area contributed by atoms with Crippen molar-refractivity contribution in [3.63, 3.8) is 0 Å². The number of hydrogen-bond acceptors (Lipinski definition) is 5. The number of nitrogens with zero attached hydrogens (tertiary/aromatic N) is 1. The lowest BCUT2D eigenvalue weighted by atomic mass is 10.2. The third-order valence-electron chi connectivity index (χ3n) is 3.97. The summed E-state index contributed by atoms with van der Waals surface area (Å²) in [6.45, 7) is 0. The first-order valence-electron chi connectivity index (χ1n) is 8.71. The molecule has 0 aromatic heterocycles. The Morgan fingerprint density at radius 3 is 2.47 bits per heavy atom. The van der Waals surface area contributed by atoms with Gasteiger partial charge in [-0.1, -0.05) is 23.7 Å². The molecule has 152 valence electrons. The molecule has 3 aromatic rings. The van der Waals surface area contributed by atoms with Gasteiger partial charge in [-0.2, -0.15) is 5.10 Å². The van der Waals surface area contributed by atoms with E-state index in [2.05, 4.69) is 10.5 Å². The SMILES string of the molecule is COc1cc(/C=N/NC(=O)c2ccccc2Cl)ccc1OC(=O)c1ccc(F)cc1. The van der Waals surface area contributed by atoms with Crippen molar-refractivity contribution in [2.24, 2.45) is 5.10 Å². The van der Waals surface area contributed by atoms with Crippen LogP contribution in [0.3, 0.4) is 0 Å². The Kier molecular flexibility index (Phi) is 6.77. The van der Waals surface area contributed by atoms with Crippen LogP contribution < -0.4 is 14.9 Å². The lowest BCUT2D eigenvalue weighted by Gasteiger charge is -2.10. The average molecular weight is 427 g/mol. The van der Waals surface area contributed by atoms with Gasteiger partial charge >= 0.3 is 5.97 Å². The number of amides is 1. The van der Waals surface area contributed by atoms with Gasteiger partial charge in [-0.05, 0) is 60.2 Å². The number of methoxy groups -OCH3 is 1. The molecule has 0 saturated heterocycles. The topological polar surface area (TPSA) is 77.0 Å². The molecule has 0 bridgehead atoms. The van der Waals surface area contributed by atoms with Crippen molar-refractivity contribution in [1.29, 1.82) is 0 Å². The average Bonchev–Trinajstić information content (AvgIpc) is 2.75. The van der Waals surface area contributed by atoms with Gasteiger partial charge in [0.25, 0.3) is 5.91 Å². The number of nitrogens with one attached hydrogen (secondary N) is 1. The van der Waals surface area contributed by atoms with E-state index in [1.54, 1.807) is 36.4 Å². The second kappa shape index (κ2) is 9.67. The van der Waals surface area contributed by atoms with E-state index < -0.39 is 17.7 Å². The number of hydrazone groups is 1. The van der Waals surface area contributed by atoms with Crippen molar-refractivity contribution in [1.82, 2.24) is 5.43 Å². The number of carbonyl (C=O) groups is 2. The van der Waals surface area contributed by atoms with Crippen LogP contribution in [-0.4, -0.2) is 25.2 Å². The fraction of sp³-hybridized carbons (Fsp3) is 0.0455. The number of halogens is 2. The van der Waals surface area contributed by atoms with Crippen LogP contribution in [0.1, 0.15) is 26.3 Å². The maximum atomic E-state index is 13.0. The molecule has 0 fully saturated rings. The number of rotatable bonds is 6. The Morgan fingerprint density at radius 2 is 1.77 bits per heavy atom. The molecule has 1 amide bonds. The number of esters is 1. The van der Waals surface area contributed by atoms with Crippen LogP contribution in [0.4, 0.5) is 4.39 Å². The minimum absolute atomic E-state index is 0.184. The van der Waals surface area contributed by atoms with Crippen molar-refractivity contribution in [3.05, 3.63) is 94.3 Å². The zero-order valence-corrected chi connectivity index (χ0v) is 16.5. The highest BCUT2D eigenvalue weighted by Crippen LogP contribution is 2.28. The van der Waals surface area contributed by atoms with E-state index in [1.807, 2.05) is 0 Å². The summed E-state index contributed by atoms with van der Waals surface area (Å²) < 4.78 is 23.6. The third-order valence-corrected chi connectivity index (χ3v) is 4.30. The minimum Gasteiger partial charge on any atom is -0.493 e. The molecule has 0 spiro atoms. The number of carbonyl (C=O) groups excluding carboxylic acids is 2. The molecule has 8 heteroatoms. The monoisotopic (exact) mass is 426 g/mol. The van der Waals surface area contributed by atoms with Gasteiger partial charge in [0.1, 0.15) is 5.82 Å². The highest BCUT2D eigenvalue weighted by Gasteiger charge is 2.13. The smallest absolute Gasteiger partial charge is 0.343 e. The van der Waals surface area contributed by atoms with E-state index in [0.717, 1.165) is 0 Å². The number of hydrogen-bond donors (Lipinski definition) is 1. The van der Waals surface area contributed by atoms with Crippen LogP contribution in [0.5, 0.6) is 11.5 Å². The van der Waals surface area contributed by atoms with Gasteiger partial charge < -0.3 is 9.47 Å². The summed E-state index contributed by atoms with van der Waals surface area (Å²) >= 11 is 5.98. The minimum atomic E-state index is -0.651. The summed E-state index contributed by atoms with van der Waals surface area (Å²) in [5.74, 6) is -1.08. The normalized spacial score (nSPS) is 10.6. The molecule has 0 saturated carbocycles. The Balaban J connectivity index is 1.68. The molecule has 0 aliphatic rings. The van der Waals surface area contributed by atoms with Crippen LogP contribution in [0.15, 0.2) is 71.8 Å². The Bertz CT molecular complexity index is 1100. The second-order valence-corrected chi connectivity index (χ2v) is 6.39. The van der Waals surface area contributed by atoms with Crippen LogP contribution in [-0.2, 0) is 0 Å². The summed E-state index contributed by atoms with van der Waals surface area (Å²) in [5.41, 5.74) is 3.48. The Morgan fingerprint density at radius 1 is 1.03 bits per heavy atom. The third kappa shape index (κ3) is 5.21. The molecular weight excluding hydrogens is 411 g/mol. The molecule has 1 N–H and O–H groups in total. The van der Waals surface area contributed by atoms with E-state index in [0.29, 0.717) is 16.1 Å². The van der Waals surface area contributed by atoms with Crippen molar-refractivity contribution in [3.8, 4) is 11.5 Å². The molecule has 0 unspecified atom stereocenters. The number of ether oxygens (including phenoxy) is 2. The zero-order valence-electron chi connectivity index (χ0n) is 15.8. The predicted octanol–water partition coefficient (Wildman–Crippen LogP) is 4.47. The van der Waals surface area contributed by atoms with E-state index in [1.165, 1.54) is 43.7 Å². The zero-order chi connectivity index (χ0) is 21.5. The largest absolute Gasteiger partial charge is 0.493 e. The van der Waals surface area contributed by atoms with Gasteiger partial charge in [0, 0.05) is 0 Å². The highest BCUT2D eigenvalue weighted by atomic mass is 35.5. The molecule has 6 nitrogen and oxygen atoms in total. The van der Waals surface area contributed by atoms with E-state index in [-0.39, 0.29) is 17.1 Å². The number of benzene rings is 3. The summed E-state index contributed by atoms with van der Waals surface area (Å²) in [5, 5.41) is 4.22. The predicted molar refractivity (Wildman–Crippen MR) is 111 cm³/mol. The Labute approximate surface area is 176 Å². The molecule has 0 radical (unpaired) electrons. The molecular formula is C22H16ClFN2O4. The van der Waals surface area contributed by atoms with Crippen LogP contribution >= 0.6 is 11.6 Å². The van der Waals surface area contributed by atoms with Gasteiger partial charge in [0.15, 0.2) is 11.5 Å². The van der Waals surface area contributed by atoms with Gasteiger partial charge in [0.05, 0.1) is 29.5 Å². The second-order valence-electron chi connectivity index (χ2n) is 5.99. The summed E-state index contributed by atoms with van der Waals surface area (Å²) in [7, 11) is 1.42. The molecule has 3 rings (SSSR count).